The van der Waals surface area contributed by atoms with Crippen molar-refractivity contribution in [3.63, 3.8) is 0 Å². The predicted molar refractivity (Wildman–Crippen MR) is 69.4 cm³/mol. The van der Waals surface area contributed by atoms with Gasteiger partial charge in [-0.2, -0.15) is 9.97 Å². The maximum Gasteiger partial charge on any atom is 0.223 e. The topological polar surface area (TPSA) is 89.8 Å². The molecule has 0 saturated heterocycles. The van der Waals surface area contributed by atoms with Crippen LogP contribution < -0.4 is 16.8 Å². The Hall–Kier alpha value is -2.30. The van der Waals surface area contributed by atoms with Crippen LogP contribution in [0.4, 0.5) is 17.6 Å². The molecule has 1 aromatic heterocycles. The van der Waals surface area contributed by atoms with E-state index in [-0.39, 0.29) is 5.95 Å². The third kappa shape index (κ3) is 2.84. The summed E-state index contributed by atoms with van der Waals surface area (Å²) in [6.07, 6.45) is 0. The predicted octanol–water partition coefficient (Wildman–Crippen LogP) is 1.56. The van der Waals surface area contributed by atoms with Crippen LogP contribution in [0.3, 0.4) is 0 Å². The Bertz CT molecular complexity index is 504. The van der Waals surface area contributed by atoms with Gasteiger partial charge in [0, 0.05) is 12.6 Å². The Morgan fingerprint density at radius 3 is 2.65 bits per heavy atom. The van der Waals surface area contributed by atoms with Gasteiger partial charge in [-0.15, -0.1) is 0 Å². The van der Waals surface area contributed by atoms with Crippen LogP contribution in [0, 0.1) is 6.92 Å². The minimum absolute atomic E-state index is 0.178. The first kappa shape index (κ1) is 11.2. The average molecular weight is 229 g/mol. The molecule has 5 nitrogen and oxygen atoms in total. The number of anilines is 3. The van der Waals surface area contributed by atoms with Crippen LogP contribution >= 0.6 is 0 Å². The van der Waals surface area contributed by atoms with Crippen molar-refractivity contribution in [3.8, 4) is 0 Å². The molecule has 0 aliphatic heterocycles. The fourth-order valence-electron chi connectivity index (χ4n) is 1.57. The van der Waals surface area contributed by atoms with Gasteiger partial charge >= 0.3 is 0 Å². The van der Waals surface area contributed by atoms with Crippen LogP contribution in [-0.2, 0) is 6.54 Å². The van der Waals surface area contributed by atoms with Crippen LogP contribution in [-0.4, -0.2) is 9.97 Å². The molecular weight excluding hydrogens is 214 g/mol. The lowest BCUT2D eigenvalue weighted by atomic mass is 10.1. The molecule has 1 heterocycles. The summed E-state index contributed by atoms with van der Waals surface area (Å²) in [6, 6.07) is 9.82. The summed E-state index contributed by atoms with van der Waals surface area (Å²) in [7, 11) is 0. The second kappa shape index (κ2) is 4.69. The Morgan fingerprint density at radius 2 is 1.94 bits per heavy atom. The Morgan fingerprint density at radius 1 is 1.18 bits per heavy atom. The molecule has 0 amide bonds. The number of hydrogen-bond donors (Lipinski definition) is 3. The number of rotatable bonds is 3. The summed E-state index contributed by atoms with van der Waals surface area (Å²) >= 11 is 0. The van der Waals surface area contributed by atoms with Gasteiger partial charge in [0.15, 0.2) is 0 Å². The zero-order valence-corrected chi connectivity index (χ0v) is 9.64. The van der Waals surface area contributed by atoms with E-state index in [1.165, 1.54) is 11.1 Å². The summed E-state index contributed by atoms with van der Waals surface area (Å²) in [4.78, 5) is 7.87. The van der Waals surface area contributed by atoms with Gasteiger partial charge < -0.3 is 16.8 Å². The number of nitrogens with one attached hydrogen (secondary N) is 1. The normalized spacial score (nSPS) is 10.2. The molecule has 2 aromatic rings. The van der Waals surface area contributed by atoms with Crippen LogP contribution in [0.25, 0.3) is 0 Å². The fourth-order valence-corrected chi connectivity index (χ4v) is 1.57. The molecule has 88 valence electrons. The van der Waals surface area contributed by atoms with Crippen molar-refractivity contribution in [1.82, 2.24) is 9.97 Å². The van der Waals surface area contributed by atoms with Gasteiger partial charge in [-0.05, 0) is 18.1 Å². The zero-order chi connectivity index (χ0) is 12.3. The summed E-state index contributed by atoms with van der Waals surface area (Å²) < 4.78 is 0. The monoisotopic (exact) mass is 229 g/mol. The highest BCUT2D eigenvalue weighted by atomic mass is 15.1. The van der Waals surface area contributed by atoms with E-state index in [0.717, 1.165) is 0 Å². The molecule has 0 fully saturated rings. The number of aromatic nitrogens is 2. The molecule has 0 aliphatic carbocycles. The maximum atomic E-state index is 5.59. The van der Waals surface area contributed by atoms with Gasteiger partial charge in [0.1, 0.15) is 11.6 Å². The number of aryl methyl sites for hydroxylation is 1. The van der Waals surface area contributed by atoms with Crippen LogP contribution in [0.5, 0.6) is 0 Å². The lowest BCUT2D eigenvalue weighted by molar-refractivity contribution is 1.08. The standard InChI is InChI=1S/C12H15N5/c1-8-4-2-3-5-9(8)7-15-11-6-10(13)16-12(14)17-11/h2-6H,7H2,1H3,(H5,13,14,15,16,17). The second-order valence-electron chi connectivity index (χ2n) is 3.82. The van der Waals surface area contributed by atoms with Crippen LogP contribution in [0.2, 0.25) is 0 Å². The molecule has 0 spiro atoms. The average Bonchev–Trinajstić information content (AvgIpc) is 2.27. The first-order valence-electron chi connectivity index (χ1n) is 5.33. The highest BCUT2D eigenvalue weighted by Crippen LogP contribution is 2.12. The smallest absolute Gasteiger partial charge is 0.223 e. The van der Waals surface area contributed by atoms with Crippen molar-refractivity contribution in [2.75, 3.05) is 16.8 Å². The van der Waals surface area contributed by atoms with Crippen molar-refractivity contribution < 1.29 is 0 Å². The Labute approximate surface area is 99.9 Å². The summed E-state index contributed by atoms with van der Waals surface area (Å²) in [5.41, 5.74) is 13.5. The van der Waals surface area contributed by atoms with Gasteiger partial charge in [-0.3, -0.25) is 0 Å². The third-order valence-corrected chi connectivity index (χ3v) is 2.48. The number of hydrogen-bond acceptors (Lipinski definition) is 5. The van der Waals surface area contributed by atoms with E-state index in [9.17, 15) is 0 Å². The van der Waals surface area contributed by atoms with E-state index in [2.05, 4.69) is 34.3 Å². The first-order valence-corrected chi connectivity index (χ1v) is 5.33. The largest absolute Gasteiger partial charge is 0.383 e. The van der Waals surface area contributed by atoms with Crippen LogP contribution in [0.1, 0.15) is 11.1 Å². The lowest BCUT2D eigenvalue weighted by Gasteiger charge is -2.08. The van der Waals surface area contributed by atoms with Crippen molar-refractivity contribution in [1.29, 1.82) is 0 Å². The van der Waals surface area contributed by atoms with E-state index in [1.54, 1.807) is 6.07 Å². The minimum Gasteiger partial charge on any atom is -0.383 e. The van der Waals surface area contributed by atoms with Crippen molar-refractivity contribution in [2.45, 2.75) is 13.5 Å². The van der Waals surface area contributed by atoms with Crippen molar-refractivity contribution in [3.05, 3.63) is 41.5 Å². The molecule has 0 saturated carbocycles. The maximum absolute atomic E-state index is 5.59. The molecule has 0 unspecified atom stereocenters. The molecule has 0 radical (unpaired) electrons. The second-order valence-corrected chi connectivity index (χ2v) is 3.82. The Kier molecular flexibility index (Phi) is 3.09. The van der Waals surface area contributed by atoms with E-state index in [4.69, 9.17) is 11.5 Å². The number of nitrogen functional groups attached to an aromatic ring is 2. The van der Waals surface area contributed by atoms with E-state index in [1.807, 2.05) is 12.1 Å². The highest BCUT2D eigenvalue weighted by molar-refractivity contribution is 5.48. The minimum atomic E-state index is 0.178. The first-order chi connectivity index (χ1) is 8.15. The van der Waals surface area contributed by atoms with Gasteiger partial charge in [-0.1, -0.05) is 24.3 Å². The molecule has 17 heavy (non-hydrogen) atoms. The summed E-state index contributed by atoms with van der Waals surface area (Å²) in [6.45, 7) is 2.75. The molecule has 5 heteroatoms. The Balaban J connectivity index is 2.10. The lowest BCUT2D eigenvalue weighted by Crippen LogP contribution is -2.06. The number of nitrogens with zero attached hydrogens (tertiary/aromatic N) is 2. The van der Waals surface area contributed by atoms with Gasteiger partial charge in [0.05, 0.1) is 0 Å². The third-order valence-electron chi connectivity index (χ3n) is 2.48. The SMILES string of the molecule is Cc1ccccc1CNc1cc(N)nc(N)n1. The van der Waals surface area contributed by atoms with E-state index < -0.39 is 0 Å². The fraction of sp³-hybridized carbons (Fsp3) is 0.167. The van der Waals surface area contributed by atoms with Crippen LogP contribution in [0.15, 0.2) is 30.3 Å². The summed E-state index contributed by atoms with van der Waals surface area (Å²) in [5.74, 6) is 1.18. The zero-order valence-electron chi connectivity index (χ0n) is 9.64. The van der Waals surface area contributed by atoms with Gasteiger partial charge in [0.25, 0.3) is 0 Å². The summed E-state index contributed by atoms with van der Waals surface area (Å²) in [5, 5.41) is 3.17. The molecular formula is C12H15N5. The van der Waals surface area contributed by atoms with E-state index in [0.29, 0.717) is 18.2 Å². The molecule has 0 atom stereocenters. The van der Waals surface area contributed by atoms with Gasteiger partial charge in [0.2, 0.25) is 5.95 Å². The highest BCUT2D eigenvalue weighted by Gasteiger charge is 2.01. The van der Waals surface area contributed by atoms with E-state index >= 15 is 0 Å². The molecule has 0 bridgehead atoms. The van der Waals surface area contributed by atoms with Crippen molar-refractivity contribution in [2.24, 2.45) is 0 Å². The molecule has 5 N–H and O–H groups in total. The number of benzene rings is 1. The molecule has 0 aliphatic rings. The quantitative estimate of drug-likeness (QED) is 0.743. The molecule has 2 rings (SSSR count). The molecule has 1 aromatic carbocycles. The number of nitrogens with two attached hydrogens (primary N) is 2. The van der Waals surface area contributed by atoms with Gasteiger partial charge in [-0.25, -0.2) is 0 Å². The van der Waals surface area contributed by atoms with Crippen molar-refractivity contribution >= 4 is 17.6 Å².